The molecule has 0 bridgehead atoms. The molecule has 27 heavy (non-hydrogen) atoms. The van der Waals surface area contributed by atoms with Crippen LogP contribution >= 0.6 is 11.3 Å². The number of aryl methyl sites for hydroxylation is 1. The Bertz CT molecular complexity index is 1140. The molecule has 5 heteroatoms. The molecule has 4 nitrogen and oxygen atoms in total. The molecule has 0 saturated heterocycles. The van der Waals surface area contributed by atoms with Gasteiger partial charge in [0.25, 0.3) is 5.91 Å². The van der Waals surface area contributed by atoms with Crippen molar-refractivity contribution in [3.05, 3.63) is 68.9 Å². The van der Waals surface area contributed by atoms with Crippen molar-refractivity contribution in [1.82, 2.24) is 5.43 Å². The van der Waals surface area contributed by atoms with Gasteiger partial charge in [-0.05, 0) is 42.2 Å². The van der Waals surface area contributed by atoms with Crippen LogP contribution < -0.4 is 5.43 Å². The third-order valence-corrected chi connectivity index (χ3v) is 6.68. The average Bonchev–Trinajstić information content (AvgIpc) is 3.21. The molecule has 5 rings (SSSR count). The highest BCUT2D eigenvalue weighted by atomic mass is 32.1. The quantitative estimate of drug-likeness (QED) is 0.678. The first-order valence-electron chi connectivity index (χ1n) is 9.18. The highest BCUT2D eigenvalue weighted by Crippen LogP contribution is 2.33. The zero-order valence-corrected chi connectivity index (χ0v) is 15.7. The highest BCUT2D eigenvalue weighted by molar-refractivity contribution is 7.14. The largest absolute Gasteiger partial charge is 0.287 e. The van der Waals surface area contributed by atoms with E-state index in [1.807, 2.05) is 42.5 Å². The van der Waals surface area contributed by atoms with Gasteiger partial charge in [0.1, 0.15) is 5.71 Å². The molecule has 0 aliphatic heterocycles. The van der Waals surface area contributed by atoms with Crippen LogP contribution in [-0.2, 0) is 12.8 Å². The van der Waals surface area contributed by atoms with E-state index < -0.39 is 0 Å². The van der Waals surface area contributed by atoms with Gasteiger partial charge >= 0.3 is 0 Å². The Morgan fingerprint density at radius 3 is 2.78 bits per heavy atom. The van der Waals surface area contributed by atoms with Crippen LogP contribution in [0.5, 0.6) is 0 Å². The molecule has 2 aliphatic carbocycles. The van der Waals surface area contributed by atoms with E-state index in [1.54, 1.807) is 11.3 Å². The van der Waals surface area contributed by atoms with E-state index in [9.17, 15) is 9.59 Å². The van der Waals surface area contributed by atoms with Crippen LogP contribution in [0.4, 0.5) is 0 Å². The van der Waals surface area contributed by atoms with Gasteiger partial charge in [-0.2, -0.15) is 5.10 Å². The van der Waals surface area contributed by atoms with Gasteiger partial charge in [0.15, 0.2) is 0 Å². The monoisotopic (exact) mass is 374 g/mol. The van der Waals surface area contributed by atoms with Crippen molar-refractivity contribution in [2.45, 2.75) is 26.2 Å². The number of amides is 1. The minimum Gasteiger partial charge on any atom is -0.287 e. The number of nitrogens with one attached hydrogen (secondary N) is 1. The Kier molecular flexibility index (Phi) is 3.72. The fourth-order valence-corrected chi connectivity index (χ4v) is 5.17. The molecule has 134 valence electrons. The summed E-state index contributed by atoms with van der Waals surface area (Å²) in [7, 11) is 0. The Morgan fingerprint density at radius 2 is 1.96 bits per heavy atom. The fraction of sp³-hybridized carbons (Fsp3) is 0.227. The average molecular weight is 374 g/mol. The van der Waals surface area contributed by atoms with E-state index in [1.165, 1.54) is 16.9 Å². The molecule has 1 amide bonds. The molecule has 1 aromatic heterocycles. The molecule has 1 atom stereocenters. The number of fused-ring (bicyclic) bond motifs is 1. The molecule has 3 aromatic rings. The normalized spacial score (nSPS) is 19.5. The van der Waals surface area contributed by atoms with Crippen molar-refractivity contribution in [2.24, 2.45) is 11.0 Å². The molecule has 0 saturated carbocycles. The third-order valence-electron chi connectivity index (χ3n) is 5.44. The van der Waals surface area contributed by atoms with Gasteiger partial charge in [0.2, 0.25) is 5.78 Å². The lowest BCUT2D eigenvalue weighted by atomic mass is 9.90. The number of hydrazone groups is 1. The Hall–Kier alpha value is -2.79. The molecular weight excluding hydrogens is 356 g/mol. The van der Waals surface area contributed by atoms with Gasteiger partial charge in [-0.3, -0.25) is 9.59 Å². The standard InChI is InChI=1S/C22H18N2O2S/c1-12-8-9-17-14(10-12)11-18(27-17)22(26)24-23-20-15-6-2-4-13-5-3-7-16(19(13)15)21(20)25/h2-7,11-12H,8-10H2,1H3,(H,24,26). The summed E-state index contributed by atoms with van der Waals surface area (Å²) in [4.78, 5) is 27.3. The van der Waals surface area contributed by atoms with E-state index in [4.69, 9.17) is 0 Å². The number of nitrogens with zero attached hydrogens (tertiary/aromatic N) is 1. The lowest BCUT2D eigenvalue weighted by Gasteiger charge is -2.16. The van der Waals surface area contributed by atoms with Crippen molar-refractivity contribution in [3.63, 3.8) is 0 Å². The van der Waals surface area contributed by atoms with E-state index in [-0.39, 0.29) is 11.7 Å². The van der Waals surface area contributed by atoms with Crippen LogP contribution in [0.1, 0.15) is 49.4 Å². The van der Waals surface area contributed by atoms with Crippen LogP contribution in [0.25, 0.3) is 10.8 Å². The summed E-state index contributed by atoms with van der Waals surface area (Å²) in [6.07, 6.45) is 3.25. The summed E-state index contributed by atoms with van der Waals surface area (Å²) in [6.45, 7) is 2.25. The Morgan fingerprint density at radius 1 is 1.19 bits per heavy atom. The smallest absolute Gasteiger partial charge is 0.281 e. The molecule has 0 fully saturated rings. The highest BCUT2D eigenvalue weighted by Gasteiger charge is 2.29. The zero-order chi connectivity index (χ0) is 18.5. The molecule has 0 spiro atoms. The van der Waals surface area contributed by atoms with Gasteiger partial charge < -0.3 is 0 Å². The predicted molar refractivity (Wildman–Crippen MR) is 108 cm³/mol. The van der Waals surface area contributed by atoms with Crippen LogP contribution in [0, 0.1) is 5.92 Å². The second kappa shape index (κ2) is 6.13. The van der Waals surface area contributed by atoms with Gasteiger partial charge in [0, 0.05) is 21.4 Å². The Labute approximate surface area is 160 Å². The summed E-state index contributed by atoms with van der Waals surface area (Å²) in [5.74, 6) is 0.283. The third kappa shape index (κ3) is 2.61. The number of benzene rings is 2. The lowest BCUT2D eigenvalue weighted by molar-refractivity contribution is 0.0959. The van der Waals surface area contributed by atoms with E-state index in [0.717, 1.165) is 29.2 Å². The fourth-order valence-electron chi connectivity index (χ4n) is 4.07. The number of ketones is 1. The number of rotatable bonds is 2. The number of hydrogen-bond acceptors (Lipinski definition) is 4. The number of thiophene rings is 1. The molecule has 2 aliphatic rings. The Balaban J connectivity index is 1.44. The van der Waals surface area contributed by atoms with Crippen molar-refractivity contribution < 1.29 is 9.59 Å². The van der Waals surface area contributed by atoms with Crippen LogP contribution in [0.15, 0.2) is 47.6 Å². The van der Waals surface area contributed by atoms with E-state index in [2.05, 4.69) is 17.5 Å². The van der Waals surface area contributed by atoms with Crippen molar-refractivity contribution in [3.8, 4) is 0 Å². The van der Waals surface area contributed by atoms with Gasteiger partial charge in [-0.1, -0.05) is 43.3 Å². The minimum absolute atomic E-state index is 0.138. The van der Waals surface area contributed by atoms with Crippen molar-refractivity contribution in [1.29, 1.82) is 0 Å². The first kappa shape index (κ1) is 16.4. The second-order valence-corrected chi connectivity index (χ2v) is 8.48. The van der Waals surface area contributed by atoms with Crippen molar-refractivity contribution >= 4 is 39.5 Å². The molecule has 1 N–H and O–H groups in total. The maximum atomic E-state index is 12.7. The summed E-state index contributed by atoms with van der Waals surface area (Å²) < 4.78 is 0. The summed E-state index contributed by atoms with van der Waals surface area (Å²) in [5, 5.41) is 6.14. The van der Waals surface area contributed by atoms with Gasteiger partial charge in [0.05, 0.1) is 4.88 Å². The molecule has 1 heterocycles. The van der Waals surface area contributed by atoms with Gasteiger partial charge in [-0.15, -0.1) is 11.3 Å². The zero-order valence-electron chi connectivity index (χ0n) is 14.9. The SMILES string of the molecule is CC1CCc2sc(C(=O)NN=C3C(=O)c4cccc5cccc3c45)cc2C1. The molecule has 2 aromatic carbocycles. The predicted octanol–water partition coefficient (Wildman–Crippen LogP) is 4.36. The summed E-state index contributed by atoms with van der Waals surface area (Å²) in [5.41, 5.74) is 5.64. The van der Waals surface area contributed by atoms with E-state index in [0.29, 0.717) is 22.1 Å². The topological polar surface area (TPSA) is 58.5 Å². The maximum absolute atomic E-state index is 12.7. The maximum Gasteiger partial charge on any atom is 0.281 e. The molecular formula is C22H18N2O2S. The number of carbonyl (C=O) groups excluding carboxylic acids is 2. The van der Waals surface area contributed by atoms with Crippen LogP contribution in [0.3, 0.4) is 0 Å². The first-order valence-corrected chi connectivity index (χ1v) is 10.00. The minimum atomic E-state index is -0.245. The van der Waals surface area contributed by atoms with Crippen LogP contribution in [0.2, 0.25) is 0 Å². The number of carbonyl (C=O) groups is 2. The van der Waals surface area contributed by atoms with Crippen molar-refractivity contribution in [2.75, 3.05) is 0 Å². The van der Waals surface area contributed by atoms with E-state index >= 15 is 0 Å². The van der Waals surface area contributed by atoms with Crippen LogP contribution in [-0.4, -0.2) is 17.4 Å². The number of hydrogen-bond donors (Lipinski definition) is 1. The van der Waals surface area contributed by atoms with Gasteiger partial charge in [-0.25, -0.2) is 5.43 Å². The first-order chi connectivity index (χ1) is 13.1. The number of Topliss-reactive ketones (excluding diaryl/α,β-unsaturated/α-hetero) is 1. The molecule has 1 unspecified atom stereocenters. The summed E-state index contributed by atoms with van der Waals surface area (Å²) in [6, 6.07) is 13.4. The lowest BCUT2D eigenvalue weighted by Crippen LogP contribution is -2.21. The second-order valence-electron chi connectivity index (χ2n) is 7.35. The summed E-state index contributed by atoms with van der Waals surface area (Å²) >= 11 is 1.54. The molecule has 0 radical (unpaired) electrons.